The Kier molecular flexibility index (Phi) is 8.23. The molecule has 0 saturated carbocycles. The zero-order valence-electron chi connectivity index (χ0n) is 16.4. The molecule has 0 atom stereocenters. The number of ether oxygens (including phenoxy) is 1. The molecule has 5 nitrogen and oxygen atoms in total. The van der Waals surface area contributed by atoms with E-state index in [4.69, 9.17) is 9.72 Å². The molecule has 0 N–H and O–H groups in total. The third kappa shape index (κ3) is 4.82. The van der Waals surface area contributed by atoms with Gasteiger partial charge in [-0.1, -0.05) is 49.4 Å². The van der Waals surface area contributed by atoms with Crippen LogP contribution < -0.4 is 9.64 Å². The Morgan fingerprint density at radius 1 is 1.04 bits per heavy atom. The lowest BCUT2D eigenvalue weighted by atomic mass is 10.2. The fourth-order valence-electron chi connectivity index (χ4n) is 2.99. The summed E-state index contributed by atoms with van der Waals surface area (Å²) in [4.78, 5) is 22.0. The van der Waals surface area contributed by atoms with Gasteiger partial charge in [-0.25, -0.2) is 4.98 Å². The minimum atomic E-state index is -0.0271. The van der Waals surface area contributed by atoms with Crippen LogP contribution in [0.25, 0.3) is 10.2 Å². The van der Waals surface area contributed by atoms with Crippen molar-refractivity contribution < 1.29 is 9.53 Å². The smallest absolute Gasteiger partial charge is 0.260 e. The average Bonchev–Trinajstić information content (AvgIpc) is 3.15. The van der Waals surface area contributed by atoms with E-state index in [0.29, 0.717) is 17.2 Å². The van der Waals surface area contributed by atoms with Crippen LogP contribution in [-0.4, -0.2) is 49.1 Å². The Labute approximate surface area is 176 Å². The van der Waals surface area contributed by atoms with E-state index in [1.165, 1.54) is 11.3 Å². The number of halogens is 1. The van der Waals surface area contributed by atoms with Crippen LogP contribution in [0.15, 0.2) is 48.5 Å². The Balaban J connectivity index is 0.00000280. The van der Waals surface area contributed by atoms with Crippen molar-refractivity contribution in [1.29, 1.82) is 0 Å². The first-order valence-electron chi connectivity index (χ1n) is 9.20. The highest BCUT2D eigenvalue weighted by molar-refractivity contribution is 7.22. The number of benzene rings is 2. The second-order valence-electron chi connectivity index (χ2n) is 6.15. The van der Waals surface area contributed by atoms with Crippen molar-refractivity contribution in [2.45, 2.75) is 13.8 Å². The Bertz CT molecular complexity index is 897. The van der Waals surface area contributed by atoms with Crippen LogP contribution in [0.5, 0.6) is 5.75 Å². The number of carbonyl (C=O) groups excluding carboxylic acids is 1. The van der Waals surface area contributed by atoms with Crippen molar-refractivity contribution in [1.82, 2.24) is 9.88 Å². The number of amides is 1. The third-order valence-electron chi connectivity index (χ3n) is 4.62. The maximum atomic E-state index is 13.2. The third-order valence-corrected chi connectivity index (χ3v) is 5.67. The normalized spacial score (nSPS) is 10.7. The molecule has 3 rings (SSSR count). The molecule has 0 unspecified atom stereocenters. The molecule has 150 valence electrons. The number of nitrogens with zero attached hydrogens (tertiary/aromatic N) is 3. The molecule has 0 radical (unpaired) electrons. The molecule has 0 spiro atoms. The summed E-state index contributed by atoms with van der Waals surface area (Å²) in [6.45, 7) is 7.58. The fourth-order valence-corrected chi connectivity index (χ4v) is 4.00. The van der Waals surface area contributed by atoms with Crippen molar-refractivity contribution >= 4 is 45.0 Å². The molecule has 1 aromatic heterocycles. The van der Waals surface area contributed by atoms with E-state index in [9.17, 15) is 4.79 Å². The number of carbonyl (C=O) groups is 1. The highest BCUT2D eigenvalue weighted by Crippen LogP contribution is 2.34. The molecular formula is C21H26ClN3O2S. The molecule has 1 amide bonds. The highest BCUT2D eigenvalue weighted by atomic mass is 35.5. The van der Waals surface area contributed by atoms with Crippen LogP contribution in [0.2, 0.25) is 0 Å². The predicted octanol–water partition coefficient (Wildman–Crippen LogP) is 4.72. The van der Waals surface area contributed by atoms with Gasteiger partial charge in [-0.15, -0.1) is 12.4 Å². The van der Waals surface area contributed by atoms with Gasteiger partial charge in [-0.3, -0.25) is 9.69 Å². The Hall–Kier alpha value is -2.15. The van der Waals surface area contributed by atoms with E-state index >= 15 is 0 Å². The molecule has 0 aliphatic rings. The lowest BCUT2D eigenvalue weighted by molar-refractivity contribution is 0.0984. The summed E-state index contributed by atoms with van der Waals surface area (Å²) in [6.07, 6.45) is 0. The number of hydrogen-bond donors (Lipinski definition) is 0. The highest BCUT2D eigenvalue weighted by Gasteiger charge is 2.22. The maximum Gasteiger partial charge on any atom is 0.260 e. The van der Waals surface area contributed by atoms with Crippen molar-refractivity contribution in [3.8, 4) is 5.75 Å². The van der Waals surface area contributed by atoms with Crippen molar-refractivity contribution in [3.63, 3.8) is 0 Å². The molecular weight excluding hydrogens is 394 g/mol. The standard InChI is InChI=1S/C21H25N3O2S.ClH/c1-4-23(5-2)14-15-24(20(25)16-10-7-6-8-11-16)21-22-19-17(26-3)12-9-13-18(19)27-21;/h6-13H,4-5,14-15H2,1-3H3;1H. The first kappa shape index (κ1) is 22.1. The fraction of sp³-hybridized carbons (Fsp3) is 0.333. The molecule has 0 bridgehead atoms. The van der Waals surface area contributed by atoms with Gasteiger partial charge in [0.05, 0.1) is 11.8 Å². The second-order valence-corrected chi connectivity index (χ2v) is 7.16. The summed E-state index contributed by atoms with van der Waals surface area (Å²) in [6, 6.07) is 15.2. The molecule has 2 aromatic carbocycles. The lowest BCUT2D eigenvalue weighted by Gasteiger charge is -2.24. The van der Waals surface area contributed by atoms with E-state index in [1.54, 1.807) is 12.0 Å². The number of methoxy groups -OCH3 is 1. The van der Waals surface area contributed by atoms with E-state index in [0.717, 1.165) is 35.6 Å². The number of para-hydroxylation sites is 1. The molecule has 0 saturated heterocycles. The van der Waals surface area contributed by atoms with Gasteiger partial charge < -0.3 is 9.64 Å². The summed E-state index contributed by atoms with van der Waals surface area (Å²) in [5.41, 5.74) is 1.47. The van der Waals surface area contributed by atoms with E-state index in [1.807, 2.05) is 48.5 Å². The quantitative estimate of drug-likeness (QED) is 0.530. The van der Waals surface area contributed by atoms with E-state index in [-0.39, 0.29) is 18.3 Å². The number of aromatic nitrogens is 1. The van der Waals surface area contributed by atoms with Crippen LogP contribution in [0.4, 0.5) is 5.13 Å². The number of hydrogen-bond acceptors (Lipinski definition) is 5. The van der Waals surface area contributed by atoms with Gasteiger partial charge in [0.25, 0.3) is 5.91 Å². The predicted molar refractivity (Wildman–Crippen MR) is 119 cm³/mol. The van der Waals surface area contributed by atoms with Gasteiger partial charge in [0.2, 0.25) is 0 Å². The average molecular weight is 420 g/mol. The number of likely N-dealkylation sites (N-methyl/N-ethyl adjacent to an activating group) is 1. The minimum Gasteiger partial charge on any atom is -0.494 e. The van der Waals surface area contributed by atoms with Crippen molar-refractivity contribution in [2.75, 3.05) is 38.2 Å². The maximum absolute atomic E-state index is 13.2. The van der Waals surface area contributed by atoms with Crippen LogP contribution in [0.3, 0.4) is 0 Å². The molecule has 1 heterocycles. The second kappa shape index (κ2) is 10.4. The molecule has 0 fully saturated rings. The lowest BCUT2D eigenvalue weighted by Crippen LogP contribution is -2.38. The molecule has 3 aromatic rings. The first-order valence-corrected chi connectivity index (χ1v) is 10.0. The number of anilines is 1. The summed E-state index contributed by atoms with van der Waals surface area (Å²) in [7, 11) is 1.64. The molecule has 28 heavy (non-hydrogen) atoms. The van der Waals surface area contributed by atoms with Gasteiger partial charge in [0, 0.05) is 18.7 Å². The Morgan fingerprint density at radius 2 is 1.75 bits per heavy atom. The minimum absolute atomic E-state index is 0. The molecule has 0 aliphatic carbocycles. The monoisotopic (exact) mass is 419 g/mol. The topological polar surface area (TPSA) is 45.7 Å². The van der Waals surface area contributed by atoms with Crippen molar-refractivity contribution in [2.24, 2.45) is 0 Å². The van der Waals surface area contributed by atoms with E-state index < -0.39 is 0 Å². The summed E-state index contributed by atoms with van der Waals surface area (Å²) >= 11 is 1.52. The van der Waals surface area contributed by atoms with Crippen LogP contribution in [0, 0.1) is 0 Å². The van der Waals surface area contributed by atoms with Crippen LogP contribution in [-0.2, 0) is 0 Å². The van der Waals surface area contributed by atoms with Gasteiger partial charge in [0.15, 0.2) is 5.13 Å². The summed E-state index contributed by atoms with van der Waals surface area (Å²) < 4.78 is 6.44. The number of fused-ring (bicyclic) bond motifs is 1. The zero-order valence-corrected chi connectivity index (χ0v) is 18.1. The summed E-state index contributed by atoms with van der Waals surface area (Å²) in [5.74, 6) is 0.701. The molecule has 0 aliphatic heterocycles. The molecule has 7 heteroatoms. The Morgan fingerprint density at radius 3 is 2.39 bits per heavy atom. The van der Waals surface area contributed by atoms with E-state index in [2.05, 4.69) is 18.7 Å². The van der Waals surface area contributed by atoms with Gasteiger partial charge in [-0.05, 0) is 37.4 Å². The summed E-state index contributed by atoms with van der Waals surface area (Å²) in [5, 5.41) is 0.704. The SMILES string of the molecule is CCN(CC)CCN(C(=O)c1ccccc1)c1nc2c(OC)cccc2s1.Cl. The zero-order chi connectivity index (χ0) is 19.2. The van der Waals surface area contributed by atoms with Crippen LogP contribution in [0.1, 0.15) is 24.2 Å². The number of thiazole rings is 1. The van der Waals surface area contributed by atoms with Gasteiger partial charge in [0.1, 0.15) is 11.3 Å². The number of rotatable bonds is 8. The largest absolute Gasteiger partial charge is 0.494 e. The van der Waals surface area contributed by atoms with Crippen molar-refractivity contribution in [3.05, 3.63) is 54.1 Å². The van der Waals surface area contributed by atoms with Crippen LogP contribution >= 0.6 is 23.7 Å². The van der Waals surface area contributed by atoms with Gasteiger partial charge >= 0.3 is 0 Å². The first-order chi connectivity index (χ1) is 13.2. The van der Waals surface area contributed by atoms with Gasteiger partial charge in [-0.2, -0.15) is 0 Å².